The lowest BCUT2D eigenvalue weighted by Crippen LogP contribution is -2.29. The van der Waals surface area contributed by atoms with Crippen LogP contribution in [-0.2, 0) is 9.59 Å². The van der Waals surface area contributed by atoms with Gasteiger partial charge in [0.05, 0.1) is 0 Å². The Labute approximate surface area is 145 Å². The fourth-order valence-corrected chi connectivity index (χ4v) is 2.81. The van der Waals surface area contributed by atoms with E-state index in [-0.39, 0.29) is 42.4 Å². The minimum Gasteiger partial charge on any atom is -0.355 e. The van der Waals surface area contributed by atoms with E-state index in [0.717, 1.165) is 17.7 Å². The Morgan fingerprint density at radius 3 is 2.68 bits per heavy atom. The number of rotatable bonds is 6. The number of hydrogen-bond donors (Lipinski definition) is 2. The van der Waals surface area contributed by atoms with E-state index in [9.17, 15) is 14.0 Å². The molecule has 0 saturated heterocycles. The van der Waals surface area contributed by atoms with E-state index in [4.69, 9.17) is 0 Å². The third kappa shape index (κ3) is 4.62. The number of anilines is 1. The number of nitrogens with one attached hydrogen (secondary N) is 2. The van der Waals surface area contributed by atoms with Gasteiger partial charge in [-0.05, 0) is 49.1 Å². The summed E-state index contributed by atoms with van der Waals surface area (Å²) >= 11 is 0. The first-order valence-corrected chi connectivity index (χ1v) is 8.29. The minimum absolute atomic E-state index is 0.0594. The second-order valence-electron chi connectivity index (χ2n) is 6.25. The SMILES string of the molecule is Cc1cccc(NC(=O)CCNC(=O)[C@@H]2C[C@@H]2c2ccc(F)cc2)n1. The van der Waals surface area contributed by atoms with Gasteiger partial charge in [0.1, 0.15) is 11.6 Å². The van der Waals surface area contributed by atoms with Crippen molar-refractivity contribution < 1.29 is 14.0 Å². The summed E-state index contributed by atoms with van der Waals surface area (Å²) in [6, 6.07) is 11.6. The molecular formula is C19H20FN3O2. The van der Waals surface area contributed by atoms with Gasteiger partial charge in [-0.1, -0.05) is 18.2 Å². The number of hydrogen-bond acceptors (Lipinski definition) is 3. The second-order valence-corrected chi connectivity index (χ2v) is 6.25. The number of halogens is 1. The Morgan fingerprint density at radius 2 is 1.96 bits per heavy atom. The summed E-state index contributed by atoms with van der Waals surface area (Å²) in [5.74, 6) is 0.0346. The van der Waals surface area contributed by atoms with Crippen LogP contribution in [0.1, 0.15) is 30.0 Å². The maximum atomic E-state index is 12.9. The highest BCUT2D eigenvalue weighted by Crippen LogP contribution is 2.47. The van der Waals surface area contributed by atoms with Crippen molar-refractivity contribution >= 4 is 17.6 Å². The highest BCUT2D eigenvalue weighted by atomic mass is 19.1. The van der Waals surface area contributed by atoms with Gasteiger partial charge in [0.2, 0.25) is 11.8 Å². The van der Waals surface area contributed by atoms with Gasteiger partial charge in [0.25, 0.3) is 0 Å². The lowest BCUT2D eigenvalue weighted by molar-refractivity contribution is -0.122. The number of aryl methyl sites for hydroxylation is 1. The summed E-state index contributed by atoms with van der Waals surface area (Å²) < 4.78 is 12.9. The van der Waals surface area contributed by atoms with Crippen LogP contribution in [0.2, 0.25) is 0 Å². The molecule has 5 nitrogen and oxygen atoms in total. The maximum absolute atomic E-state index is 12.9. The van der Waals surface area contributed by atoms with Gasteiger partial charge in [0.15, 0.2) is 0 Å². The second kappa shape index (κ2) is 7.42. The first-order chi connectivity index (χ1) is 12.0. The van der Waals surface area contributed by atoms with Crippen molar-refractivity contribution in [2.45, 2.75) is 25.7 Å². The summed E-state index contributed by atoms with van der Waals surface area (Å²) in [6.07, 6.45) is 0.951. The topological polar surface area (TPSA) is 71.1 Å². The highest BCUT2D eigenvalue weighted by molar-refractivity contribution is 5.90. The number of nitrogens with zero attached hydrogens (tertiary/aromatic N) is 1. The van der Waals surface area contributed by atoms with E-state index < -0.39 is 0 Å². The van der Waals surface area contributed by atoms with Gasteiger partial charge in [-0.3, -0.25) is 9.59 Å². The smallest absolute Gasteiger partial charge is 0.227 e. The number of pyridine rings is 1. The van der Waals surface area contributed by atoms with Crippen LogP contribution in [0.3, 0.4) is 0 Å². The monoisotopic (exact) mass is 341 g/mol. The molecule has 2 N–H and O–H groups in total. The quantitative estimate of drug-likeness (QED) is 0.849. The predicted octanol–water partition coefficient (Wildman–Crippen LogP) is 2.78. The average molecular weight is 341 g/mol. The molecule has 0 spiro atoms. The standard InChI is InChI=1S/C19H20FN3O2/c1-12-3-2-4-17(22-12)23-18(24)9-10-21-19(25)16-11-15(16)13-5-7-14(20)8-6-13/h2-8,15-16H,9-11H2,1H3,(H,21,25)(H,22,23,24)/t15-,16-/m1/s1. The molecule has 130 valence electrons. The zero-order chi connectivity index (χ0) is 17.8. The Hall–Kier alpha value is -2.76. The van der Waals surface area contributed by atoms with E-state index in [0.29, 0.717) is 5.82 Å². The van der Waals surface area contributed by atoms with Gasteiger partial charge < -0.3 is 10.6 Å². The fourth-order valence-electron chi connectivity index (χ4n) is 2.81. The van der Waals surface area contributed by atoms with Gasteiger partial charge in [-0.15, -0.1) is 0 Å². The van der Waals surface area contributed by atoms with E-state index in [1.165, 1.54) is 12.1 Å². The lowest BCUT2D eigenvalue weighted by Gasteiger charge is -2.07. The van der Waals surface area contributed by atoms with Crippen LogP contribution in [0, 0.1) is 18.7 Å². The molecule has 1 aliphatic carbocycles. The predicted molar refractivity (Wildman–Crippen MR) is 92.5 cm³/mol. The summed E-state index contributed by atoms with van der Waals surface area (Å²) in [7, 11) is 0. The molecule has 1 fully saturated rings. The number of amides is 2. The molecule has 1 aromatic heterocycles. The zero-order valence-electron chi connectivity index (χ0n) is 14.0. The van der Waals surface area contributed by atoms with Crippen LogP contribution in [0.4, 0.5) is 10.2 Å². The largest absolute Gasteiger partial charge is 0.355 e. The van der Waals surface area contributed by atoms with Crippen molar-refractivity contribution in [3.05, 3.63) is 59.5 Å². The number of carbonyl (C=O) groups excluding carboxylic acids is 2. The van der Waals surface area contributed by atoms with Crippen molar-refractivity contribution in [1.29, 1.82) is 0 Å². The molecule has 0 radical (unpaired) electrons. The van der Waals surface area contributed by atoms with Gasteiger partial charge in [0, 0.05) is 24.6 Å². The number of carbonyl (C=O) groups is 2. The molecule has 1 saturated carbocycles. The first kappa shape index (κ1) is 17.1. The van der Waals surface area contributed by atoms with E-state index in [2.05, 4.69) is 15.6 Å². The summed E-state index contributed by atoms with van der Waals surface area (Å²) in [6.45, 7) is 2.13. The lowest BCUT2D eigenvalue weighted by atomic mass is 10.1. The van der Waals surface area contributed by atoms with Crippen LogP contribution in [0.15, 0.2) is 42.5 Å². The van der Waals surface area contributed by atoms with Crippen molar-refractivity contribution in [2.75, 3.05) is 11.9 Å². The minimum atomic E-state index is -0.278. The molecular weight excluding hydrogens is 321 g/mol. The Morgan fingerprint density at radius 1 is 1.20 bits per heavy atom. The van der Waals surface area contributed by atoms with Gasteiger partial charge in [-0.2, -0.15) is 0 Å². The Balaban J connectivity index is 1.40. The van der Waals surface area contributed by atoms with Crippen molar-refractivity contribution in [3.8, 4) is 0 Å². The van der Waals surface area contributed by atoms with Gasteiger partial charge >= 0.3 is 0 Å². The van der Waals surface area contributed by atoms with Crippen molar-refractivity contribution in [3.63, 3.8) is 0 Å². The molecule has 2 amide bonds. The molecule has 6 heteroatoms. The third-order valence-corrected chi connectivity index (χ3v) is 4.23. The molecule has 2 atom stereocenters. The average Bonchev–Trinajstić information content (AvgIpc) is 3.36. The van der Waals surface area contributed by atoms with E-state index in [1.807, 2.05) is 19.1 Å². The first-order valence-electron chi connectivity index (χ1n) is 8.29. The molecule has 1 aliphatic rings. The van der Waals surface area contributed by atoms with Gasteiger partial charge in [-0.25, -0.2) is 9.37 Å². The van der Waals surface area contributed by atoms with Crippen LogP contribution < -0.4 is 10.6 Å². The van der Waals surface area contributed by atoms with E-state index in [1.54, 1.807) is 18.2 Å². The summed E-state index contributed by atoms with van der Waals surface area (Å²) in [4.78, 5) is 28.2. The third-order valence-electron chi connectivity index (χ3n) is 4.23. The van der Waals surface area contributed by atoms with Crippen LogP contribution >= 0.6 is 0 Å². The molecule has 2 aromatic rings. The van der Waals surface area contributed by atoms with Crippen LogP contribution in [0.5, 0.6) is 0 Å². The Bertz CT molecular complexity index is 776. The highest BCUT2D eigenvalue weighted by Gasteiger charge is 2.43. The number of benzene rings is 1. The molecule has 25 heavy (non-hydrogen) atoms. The zero-order valence-corrected chi connectivity index (χ0v) is 14.0. The summed E-state index contributed by atoms with van der Waals surface area (Å²) in [5, 5.41) is 5.49. The van der Waals surface area contributed by atoms with Crippen molar-refractivity contribution in [2.24, 2.45) is 5.92 Å². The Kier molecular flexibility index (Phi) is 5.07. The molecule has 0 unspecified atom stereocenters. The van der Waals surface area contributed by atoms with Crippen LogP contribution in [0.25, 0.3) is 0 Å². The van der Waals surface area contributed by atoms with E-state index >= 15 is 0 Å². The number of aromatic nitrogens is 1. The normalized spacial score (nSPS) is 18.5. The molecule has 1 heterocycles. The molecule has 0 aliphatic heterocycles. The van der Waals surface area contributed by atoms with Crippen LogP contribution in [-0.4, -0.2) is 23.3 Å². The maximum Gasteiger partial charge on any atom is 0.227 e. The fraction of sp³-hybridized carbons (Fsp3) is 0.316. The molecule has 0 bridgehead atoms. The summed E-state index contributed by atoms with van der Waals surface area (Å²) in [5.41, 5.74) is 1.80. The molecule has 3 rings (SSSR count). The molecule has 1 aromatic carbocycles. The van der Waals surface area contributed by atoms with Crippen molar-refractivity contribution in [1.82, 2.24) is 10.3 Å².